The summed E-state index contributed by atoms with van der Waals surface area (Å²) in [6.45, 7) is 6.68. The monoisotopic (exact) mass is 358 g/mol. The molecule has 0 aromatic heterocycles. The molecule has 5 nitrogen and oxygen atoms in total. The molecule has 3 rings (SSSR count). The first kappa shape index (κ1) is 18.7. The number of hydrogen-bond donors (Lipinski definition) is 1. The van der Waals surface area contributed by atoms with E-state index in [1.807, 2.05) is 38.1 Å². The van der Waals surface area contributed by atoms with Gasteiger partial charge >= 0.3 is 0 Å². The Morgan fingerprint density at radius 3 is 2.42 bits per heavy atom. The first-order chi connectivity index (χ1) is 12.4. The number of carbonyl (C=O) groups is 2. The molecule has 1 heterocycles. The zero-order chi connectivity index (χ0) is 18.7. The van der Waals surface area contributed by atoms with E-state index in [1.54, 1.807) is 4.90 Å². The van der Waals surface area contributed by atoms with Crippen LogP contribution in [-0.2, 0) is 9.59 Å². The molecule has 0 bridgehead atoms. The van der Waals surface area contributed by atoms with Crippen molar-refractivity contribution in [1.82, 2.24) is 5.32 Å². The summed E-state index contributed by atoms with van der Waals surface area (Å²) in [4.78, 5) is 26.7. The zero-order valence-corrected chi connectivity index (χ0v) is 16.0. The number of rotatable bonds is 5. The van der Waals surface area contributed by atoms with Gasteiger partial charge in [0.25, 0.3) is 0 Å². The van der Waals surface area contributed by atoms with Gasteiger partial charge in [-0.05, 0) is 69.7 Å². The molecule has 0 radical (unpaired) electrons. The molecular weight excluding hydrogens is 328 g/mol. The van der Waals surface area contributed by atoms with Crippen LogP contribution in [-0.4, -0.2) is 30.5 Å². The SMILES string of the molecule is CC1CCC(NC(=O)[C@H]2CC(=O)N(c3ccc(OC(C)C)cc3)C2)CC1. The standard InChI is InChI=1S/C21H30N2O3/c1-14(2)26-19-10-8-18(9-11-19)23-13-16(12-20(23)24)21(25)22-17-6-4-15(3)5-7-17/h8-11,14-17H,4-7,12-13H2,1-3H3,(H,22,25)/t15?,16-,17?/m0/s1. The maximum absolute atomic E-state index is 12.6. The van der Waals surface area contributed by atoms with Gasteiger partial charge in [-0.2, -0.15) is 0 Å². The summed E-state index contributed by atoms with van der Waals surface area (Å²) in [5.74, 6) is 1.33. The van der Waals surface area contributed by atoms with Crippen molar-refractivity contribution in [2.24, 2.45) is 11.8 Å². The summed E-state index contributed by atoms with van der Waals surface area (Å²) >= 11 is 0. The molecule has 1 atom stereocenters. The molecule has 1 aliphatic heterocycles. The van der Waals surface area contributed by atoms with Crippen molar-refractivity contribution in [3.05, 3.63) is 24.3 Å². The molecule has 2 amide bonds. The second kappa shape index (κ2) is 8.11. The number of carbonyl (C=O) groups excluding carboxylic acids is 2. The van der Waals surface area contributed by atoms with E-state index in [-0.39, 0.29) is 29.9 Å². The Kier molecular flexibility index (Phi) is 5.84. The van der Waals surface area contributed by atoms with Crippen LogP contribution in [0.5, 0.6) is 5.75 Å². The average Bonchev–Trinajstić information content (AvgIpc) is 2.99. The predicted molar refractivity (Wildman–Crippen MR) is 102 cm³/mol. The van der Waals surface area contributed by atoms with Crippen LogP contribution < -0.4 is 15.0 Å². The maximum atomic E-state index is 12.6. The first-order valence-corrected chi connectivity index (χ1v) is 9.80. The van der Waals surface area contributed by atoms with E-state index >= 15 is 0 Å². The number of benzene rings is 1. The Bertz CT molecular complexity index is 633. The van der Waals surface area contributed by atoms with Crippen LogP contribution >= 0.6 is 0 Å². The largest absolute Gasteiger partial charge is 0.491 e. The van der Waals surface area contributed by atoms with Crippen LogP contribution in [0.4, 0.5) is 5.69 Å². The Morgan fingerprint density at radius 2 is 1.81 bits per heavy atom. The van der Waals surface area contributed by atoms with Gasteiger partial charge in [0, 0.05) is 24.7 Å². The Hall–Kier alpha value is -2.04. The highest BCUT2D eigenvalue weighted by molar-refractivity contribution is 6.00. The molecule has 1 aromatic rings. The summed E-state index contributed by atoms with van der Waals surface area (Å²) in [7, 11) is 0. The van der Waals surface area contributed by atoms with Gasteiger partial charge in [-0.3, -0.25) is 9.59 Å². The molecule has 1 aromatic carbocycles. The third kappa shape index (κ3) is 4.57. The van der Waals surface area contributed by atoms with Crippen molar-refractivity contribution >= 4 is 17.5 Å². The van der Waals surface area contributed by atoms with E-state index in [0.717, 1.165) is 30.2 Å². The molecular formula is C21H30N2O3. The summed E-state index contributed by atoms with van der Waals surface area (Å²) in [5.41, 5.74) is 0.827. The molecule has 5 heteroatoms. The van der Waals surface area contributed by atoms with Crippen LogP contribution in [0.3, 0.4) is 0 Å². The summed E-state index contributed by atoms with van der Waals surface area (Å²) in [5, 5.41) is 3.17. The van der Waals surface area contributed by atoms with E-state index in [4.69, 9.17) is 4.74 Å². The van der Waals surface area contributed by atoms with Crippen LogP contribution in [0.1, 0.15) is 52.9 Å². The van der Waals surface area contributed by atoms with Gasteiger partial charge in [-0.25, -0.2) is 0 Å². The Balaban J connectivity index is 1.57. The molecule has 0 unspecified atom stereocenters. The smallest absolute Gasteiger partial charge is 0.227 e. The van der Waals surface area contributed by atoms with Gasteiger partial charge in [0.1, 0.15) is 5.75 Å². The minimum Gasteiger partial charge on any atom is -0.491 e. The highest BCUT2D eigenvalue weighted by atomic mass is 16.5. The highest BCUT2D eigenvalue weighted by Crippen LogP contribution is 2.28. The number of ether oxygens (including phenoxy) is 1. The number of hydrogen-bond acceptors (Lipinski definition) is 3. The van der Waals surface area contributed by atoms with Crippen molar-refractivity contribution in [2.45, 2.75) is 65.0 Å². The van der Waals surface area contributed by atoms with Crippen molar-refractivity contribution < 1.29 is 14.3 Å². The van der Waals surface area contributed by atoms with E-state index in [2.05, 4.69) is 12.2 Å². The molecule has 142 valence electrons. The zero-order valence-electron chi connectivity index (χ0n) is 16.0. The second-order valence-corrected chi connectivity index (χ2v) is 8.03. The minimum absolute atomic E-state index is 0.0138. The molecule has 26 heavy (non-hydrogen) atoms. The minimum atomic E-state index is -0.256. The van der Waals surface area contributed by atoms with Crippen molar-refractivity contribution in [3.63, 3.8) is 0 Å². The number of nitrogens with zero attached hydrogens (tertiary/aromatic N) is 1. The Labute approximate surface area is 156 Å². The molecule has 2 aliphatic rings. The number of nitrogens with one attached hydrogen (secondary N) is 1. The van der Waals surface area contributed by atoms with E-state index in [9.17, 15) is 9.59 Å². The fraction of sp³-hybridized carbons (Fsp3) is 0.619. The number of anilines is 1. The lowest BCUT2D eigenvalue weighted by molar-refractivity contribution is -0.127. The highest BCUT2D eigenvalue weighted by Gasteiger charge is 2.36. The number of amides is 2. The fourth-order valence-electron chi connectivity index (χ4n) is 3.83. The summed E-state index contributed by atoms with van der Waals surface area (Å²) < 4.78 is 5.64. The van der Waals surface area contributed by atoms with Crippen molar-refractivity contribution in [3.8, 4) is 5.75 Å². The fourth-order valence-corrected chi connectivity index (χ4v) is 3.83. The van der Waals surface area contributed by atoms with Crippen LogP contribution in [0.2, 0.25) is 0 Å². The normalized spacial score (nSPS) is 26.2. The van der Waals surface area contributed by atoms with Gasteiger partial charge < -0.3 is 15.0 Å². The van der Waals surface area contributed by atoms with E-state index in [1.165, 1.54) is 12.8 Å². The van der Waals surface area contributed by atoms with E-state index in [0.29, 0.717) is 13.0 Å². The van der Waals surface area contributed by atoms with Gasteiger partial charge in [0.05, 0.1) is 12.0 Å². The van der Waals surface area contributed by atoms with E-state index < -0.39 is 0 Å². The third-order valence-corrected chi connectivity index (χ3v) is 5.38. The topological polar surface area (TPSA) is 58.6 Å². The first-order valence-electron chi connectivity index (χ1n) is 9.80. The van der Waals surface area contributed by atoms with Gasteiger partial charge in [0.2, 0.25) is 11.8 Å². The van der Waals surface area contributed by atoms with Crippen LogP contribution in [0, 0.1) is 11.8 Å². The molecule has 2 fully saturated rings. The van der Waals surface area contributed by atoms with Gasteiger partial charge in [-0.15, -0.1) is 0 Å². The summed E-state index contributed by atoms with van der Waals surface area (Å²) in [6, 6.07) is 7.80. The van der Waals surface area contributed by atoms with Crippen molar-refractivity contribution in [1.29, 1.82) is 0 Å². The average molecular weight is 358 g/mol. The van der Waals surface area contributed by atoms with Gasteiger partial charge in [0.15, 0.2) is 0 Å². The molecule has 1 aliphatic carbocycles. The maximum Gasteiger partial charge on any atom is 0.227 e. The molecule has 1 saturated heterocycles. The summed E-state index contributed by atoms with van der Waals surface area (Å²) in [6.07, 6.45) is 4.85. The lowest BCUT2D eigenvalue weighted by atomic mass is 9.87. The molecule has 1 N–H and O–H groups in total. The van der Waals surface area contributed by atoms with Crippen LogP contribution in [0.15, 0.2) is 24.3 Å². The Morgan fingerprint density at radius 1 is 1.15 bits per heavy atom. The third-order valence-electron chi connectivity index (χ3n) is 5.38. The van der Waals surface area contributed by atoms with Crippen LogP contribution in [0.25, 0.3) is 0 Å². The van der Waals surface area contributed by atoms with Crippen molar-refractivity contribution in [2.75, 3.05) is 11.4 Å². The molecule has 0 spiro atoms. The predicted octanol–water partition coefficient (Wildman–Crippen LogP) is 3.52. The lowest BCUT2D eigenvalue weighted by Gasteiger charge is -2.27. The lowest BCUT2D eigenvalue weighted by Crippen LogP contribution is -2.41. The second-order valence-electron chi connectivity index (χ2n) is 8.03. The molecule has 1 saturated carbocycles. The quantitative estimate of drug-likeness (QED) is 0.876. The van der Waals surface area contributed by atoms with Gasteiger partial charge in [-0.1, -0.05) is 6.92 Å².